The Morgan fingerprint density at radius 2 is 1.76 bits per heavy atom. The summed E-state index contributed by atoms with van der Waals surface area (Å²) >= 11 is 3.37. The summed E-state index contributed by atoms with van der Waals surface area (Å²) in [6.45, 7) is 4.75. The van der Waals surface area contributed by atoms with Gasteiger partial charge in [-0.3, -0.25) is 4.79 Å². The Balaban J connectivity index is 1.60. The monoisotopic (exact) mass is 405 g/mol. The first-order chi connectivity index (χ1) is 12.0. The molecule has 132 valence electrons. The summed E-state index contributed by atoms with van der Waals surface area (Å²) in [7, 11) is 0. The summed E-state index contributed by atoms with van der Waals surface area (Å²) in [5.41, 5.74) is 0.952. The van der Waals surface area contributed by atoms with E-state index in [1.165, 1.54) is 0 Å². The van der Waals surface area contributed by atoms with Crippen molar-refractivity contribution in [1.29, 1.82) is 0 Å². The standard InChI is InChI=1S/C19H20BrNO4/c1-12(14-3-8-17-18(11-14)24-10-9-23-17)21-19(22)13(2)25-16-6-4-15(20)5-7-16/h3-8,11-13H,9-10H2,1-2H3,(H,21,22)/t12-,13+/m1/s1. The number of amides is 1. The predicted octanol–water partition coefficient (Wildman–Crippen LogP) is 3.87. The molecule has 3 rings (SSSR count). The molecule has 1 aliphatic rings. The van der Waals surface area contributed by atoms with Crippen molar-refractivity contribution >= 4 is 21.8 Å². The van der Waals surface area contributed by atoms with E-state index in [9.17, 15) is 4.79 Å². The topological polar surface area (TPSA) is 56.8 Å². The number of carbonyl (C=O) groups excluding carboxylic acids is 1. The van der Waals surface area contributed by atoms with Crippen molar-refractivity contribution in [2.24, 2.45) is 0 Å². The van der Waals surface area contributed by atoms with Gasteiger partial charge >= 0.3 is 0 Å². The summed E-state index contributed by atoms with van der Waals surface area (Å²) in [5, 5.41) is 2.96. The van der Waals surface area contributed by atoms with Crippen molar-refractivity contribution in [2.75, 3.05) is 13.2 Å². The normalized spacial score (nSPS) is 15.2. The molecule has 2 aromatic carbocycles. The lowest BCUT2D eigenvalue weighted by Crippen LogP contribution is -2.37. The molecule has 6 heteroatoms. The fraction of sp³-hybridized carbons (Fsp3) is 0.316. The number of halogens is 1. The van der Waals surface area contributed by atoms with Crippen LogP contribution in [0.15, 0.2) is 46.9 Å². The van der Waals surface area contributed by atoms with Gasteiger partial charge in [0.15, 0.2) is 17.6 Å². The smallest absolute Gasteiger partial charge is 0.261 e. The molecule has 2 atom stereocenters. The molecule has 2 aromatic rings. The van der Waals surface area contributed by atoms with Gasteiger partial charge < -0.3 is 19.5 Å². The van der Waals surface area contributed by atoms with E-state index in [1.807, 2.05) is 49.4 Å². The van der Waals surface area contributed by atoms with Crippen LogP contribution in [0.1, 0.15) is 25.5 Å². The van der Waals surface area contributed by atoms with Crippen molar-refractivity contribution < 1.29 is 19.0 Å². The minimum absolute atomic E-state index is 0.167. The molecule has 25 heavy (non-hydrogen) atoms. The highest BCUT2D eigenvalue weighted by Crippen LogP contribution is 2.32. The Bertz CT molecular complexity index is 748. The molecule has 0 bridgehead atoms. The highest BCUT2D eigenvalue weighted by atomic mass is 79.9. The van der Waals surface area contributed by atoms with Crippen LogP contribution >= 0.6 is 15.9 Å². The van der Waals surface area contributed by atoms with Gasteiger partial charge in [0.1, 0.15) is 19.0 Å². The number of ether oxygens (including phenoxy) is 3. The fourth-order valence-electron chi connectivity index (χ4n) is 2.51. The van der Waals surface area contributed by atoms with Gasteiger partial charge in [0.05, 0.1) is 6.04 Å². The third-order valence-electron chi connectivity index (χ3n) is 3.92. The van der Waals surface area contributed by atoms with Crippen LogP contribution in [-0.2, 0) is 4.79 Å². The Morgan fingerprint density at radius 3 is 2.48 bits per heavy atom. The SMILES string of the molecule is C[C@H](Oc1ccc(Br)cc1)C(=O)N[C@H](C)c1ccc2c(c1)OCCO2. The first-order valence-electron chi connectivity index (χ1n) is 8.15. The van der Waals surface area contributed by atoms with E-state index in [0.29, 0.717) is 24.7 Å². The maximum absolute atomic E-state index is 12.4. The summed E-state index contributed by atoms with van der Waals surface area (Å²) in [6.07, 6.45) is -0.596. The van der Waals surface area contributed by atoms with Crippen LogP contribution in [0.4, 0.5) is 0 Å². The molecule has 0 unspecified atom stereocenters. The molecule has 1 amide bonds. The van der Waals surface area contributed by atoms with Gasteiger partial charge in [-0.05, 0) is 55.8 Å². The van der Waals surface area contributed by atoms with Crippen molar-refractivity contribution in [3.05, 3.63) is 52.5 Å². The number of benzene rings is 2. The average Bonchev–Trinajstić information content (AvgIpc) is 2.63. The lowest BCUT2D eigenvalue weighted by atomic mass is 10.1. The number of nitrogens with one attached hydrogen (secondary N) is 1. The zero-order valence-corrected chi connectivity index (χ0v) is 15.7. The minimum Gasteiger partial charge on any atom is -0.486 e. The van der Waals surface area contributed by atoms with E-state index in [1.54, 1.807) is 6.92 Å². The van der Waals surface area contributed by atoms with Gasteiger partial charge in [-0.25, -0.2) is 0 Å². The highest BCUT2D eigenvalue weighted by Gasteiger charge is 2.19. The van der Waals surface area contributed by atoms with Gasteiger partial charge in [0, 0.05) is 4.47 Å². The van der Waals surface area contributed by atoms with Crippen LogP contribution in [0.25, 0.3) is 0 Å². The molecule has 0 radical (unpaired) electrons. The fourth-order valence-corrected chi connectivity index (χ4v) is 2.78. The second-order valence-corrected chi connectivity index (χ2v) is 6.76. The molecule has 5 nitrogen and oxygen atoms in total. The summed E-state index contributed by atoms with van der Waals surface area (Å²) in [4.78, 5) is 12.4. The van der Waals surface area contributed by atoms with Crippen LogP contribution in [0, 0.1) is 0 Å². The first-order valence-corrected chi connectivity index (χ1v) is 8.94. The molecule has 1 heterocycles. The lowest BCUT2D eigenvalue weighted by molar-refractivity contribution is -0.127. The van der Waals surface area contributed by atoms with Crippen LogP contribution in [0.5, 0.6) is 17.2 Å². The van der Waals surface area contributed by atoms with Crippen LogP contribution < -0.4 is 19.5 Å². The number of fused-ring (bicyclic) bond motifs is 1. The third-order valence-corrected chi connectivity index (χ3v) is 4.45. The zero-order valence-electron chi connectivity index (χ0n) is 14.1. The molecule has 0 saturated carbocycles. The van der Waals surface area contributed by atoms with Gasteiger partial charge in [0.2, 0.25) is 0 Å². The maximum atomic E-state index is 12.4. The second-order valence-electron chi connectivity index (χ2n) is 5.85. The van der Waals surface area contributed by atoms with Crippen LogP contribution in [0.3, 0.4) is 0 Å². The average molecular weight is 406 g/mol. The van der Waals surface area contributed by atoms with Gasteiger partial charge in [-0.1, -0.05) is 22.0 Å². The Labute approximate surface area is 155 Å². The van der Waals surface area contributed by atoms with Crippen molar-refractivity contribution in [3.8, 4) is 17.2 Å². The molecule has 1 N–H and O–H groups in total. The Kier molecular flexibility index (Phi) is 5.48. The largest absolute Gasteiger partial charge is 0.486 e. The minimum atomic E-state index is -0.596. The van der Waals surface area contributed by atoms with Crippen molar-refractivity contribution in [1.82, 2.24) is 5.32 Å². The second kappa shape index (κ2) is 7.78. The predicted molar refractivity (Wildman–Crippen MR) is 98.2 cm³/mol. The molecule has 0 aliphatic carbocycles. The van der Waals surface area contributed by atoms with Crippen molar-refractivity contribution in [3.63, 3.8) is 0 Å². The highest BCUT2D eigenvalue weighted by molar-refractivity contribution is 9.10. The van der Waals surface area contributed by atoms with E-state index in [-0.39, 0.29) is 11.9 Å². The summed E-state index contributed by atoms with van der Waals surface area (Å²) in [6, 6.07) is 12.9. The van der Waals surface area contributed by atoms with Gasteiger partial charge in [-0.15, -0.1) is 0 Å². The van der Waals surface area contributed by atoms with Gasteiger partial charge in [-0.2, -0.15) is 0 Å². The number of hydrogen-bond acceptors (Lipinski definition) is 4. The van der Waals surface area contributed by atoms with Crippen LogP contribution in [-0.4, -0.2) is 25.2 Å². The molecule has 0 saturated heterocycles. The van der Waals surface area contributed by atoms with E-state index in [2.05, 4.69) is 21.2 Å². The quantitative estimate of drug-likeness (QED) is 0.820. The molecule has 0 spiro atoms. The Hall–Kier alpha value is -2.21. The third kappa shape index (κ3) is 4.45. The molecule has 1 aliphatic heterocycles. The van der Waals surface area contributed by atoms with E-state index >= 15 is 0 Å². The maximum Gasteiger partial charge on any atom is 0.261 e. The molecule has 0 fully saturated rings. The number of carbonyl (C=O) groups is 1. The van der Waals surface area contributed by atoms with Gasteiger partial charge in [0.25, 0.3) is 5.91 Å². The van der Waals surface area contributed by atoms with Crippen molar-refractivity contribution in [2.45, 2.75) is 26.0 Å². The first kappa shape index (κ1) is 17.6. The van der Waals surface area contributed by atoms with Crippen LogP contribution in [0.2, 0.25) is 0 Å². The number of rotatable bonds is 5. The summed E-state index contributed by atoms with van der Waals surface area (Å²) in [5.74, 6) is 1.92. The zero-order chi connectivity index (χ0) is 17.8. The molecular weight excluding hydrogens is 386 g/mol. The van der Waals surface area contributed by atoms with E-state index in [4.69, 9.17) is 14.2 Å². The Morgan fingerprint density at radius 1 is 1.08 bits per heavy atom. The van der Waals surface area contributed by atoms with E-state index < -0.39 is 6.10 Å². The number of hydrogen-bond donors (Lipinski definition) is 1. The summed E-state index contributed by atoms with van der Waals surface area (Å²) < 4.78 is 17.7. The molecule has 0 aromatic heterocycles. The lowest BCUT2D eigenvalue weighted by Gasteiger charge is -2.22. The molecular formula is C19H20BrNO4. The van der Waals surface area contributed by atoms with E-state index in [0.717, 1.165) is 15.8 Å².